The zero-order chi connectivity index (χ0) is 16.6. The first-order valence-corrected chi connectivity index (χ1v) is 6.70. The third-order valence-corrected chi connectivity index (χ3v) is 3.21. The molecular weight excluding hydrogens is 304 g/mol. The molecule has 5 nitrogen and oxygen atoms in total. The van der Waals surface area contributed by atoms with Crippen molar-refractivity contribution in [3.05, 3.63) is 69.8 Å². The molecule has 0 fully saturated rings. The van der Waals surface area contributed by atoms with Gasteiger partial charge in [0.2, 0.25) is 0 Å². The van der Waals surface area contributed by atoms with E-state index in [2.05, 4.69) is 15.3 Å². The molecule has 0 aliphatic heterocycles. The minimum absolute atomic E-state index is 0.154. The van der Waals surface area contributed by atoms with Crippen molar-refractivity contribution in [1.82, 2.24) is 9.97 Å². The van der Waals surface area contributed by atoms with Crippen molar-refractivity contribution in [2.24, 2.45) is 0 Å². The molecule has 7 heteroatoms. The topological polar surface area (TPSA) is 74.8 Å². The fraction of sp³-hybridized carbons (Fsp3) is 0.0625. The molecule has 0 saturated heterocycles. The number of aromatic nitrogens is 2. The van der Waals surface area contributed by atoms with E-state index < -0.39 is 17.5 Å². The number of rotatable bonds is 2. The van der Waals surface area contributed by atoms with E-state index in [-0.39, 0.29) is 11.1 Å². The molecule has 3 rings (SSSR count). The number of carbonyl (C=O) groups excluding carboxylic acids is 1. The molecule has 2 aromatic carbocycles. The van der Waals surface area contributed by atoms with E-state index >= 15 is 0 Å². The Morgan fingerprint density at radius 1 is 1.13 bits per heavy atom. The summed E-state index contributed by atoms with van der Waals surface area (Å²) >= 11 is 0. The summed E-state index contributed by atoms with van der Waals surface area (Å²) in [5.74, 6) is -1.89. The summed E-state index contributed by atoms with van der Waals surface area (Å²) in [6, 6.07) is 7.13. The number of H-pyrrole nitrogens is 1. The number of amides is 1. The van der Waals surface area contributed by atoms with E-state index in [1.54, 1.807) is 19.1 Å². The maximum atomic E-state index is 13.2. The number of hydrogen-bond donors (Lipinski definition) is 2. The molecular formula is C16H11F2N3O2. The summed E-state index contributed by atoms with van der Waals surface area (Å²) in [6.07, 6.45) is 0. The van der Waals surface area contributed by atoms with Gasteiger partial charge in [-0.05, 0) is 37.3 Å². The van der Waals surface area contributed by atoms with Gasteiger partial charge in [-0.25, -0.2) is 13.8 Å². The monoisotopic (exact) mass is 315 g/mol. The Hall–Kier alpha value is -3.09. The molecule has 0 saturated carbocycles. The summed E-state index contributed by atoms with van der Waals surface area (Å²) < 4.78 is 26.3. The lowest BCUT2D eigenvalue weighted by molar-refractivity contribution is 0.102. The third kappa shape index (κ3) is 3.08. The van der Waals surface area contributed by atoms with Gasteiger partial charge < -0.3 is 10.3 Å². The van der Waals surface area contributed by atoms with Gasteiger partial charge in [-0.15, -0.1) is 0 Å². The molecule has 0 radical (unpaired) electrons. The Bertz CT molecular complexity index is 962. The lowest BCUT2D eigenvalue weighted by Gasteiger charge is -2.07. The average Bonchev–Trinajstić information content (AvgIpc) is 2.46. The second kappa shape index (κ2) is 5.60. The largest absolute Gasteiger partial charge is 0.322 e. The quantitative estimate of drug-likeness (QED) is 0.763. The second-order valence-electron chi connectivity index (χ2n) is 5.00. The van der Waals surface area contributed by atoms with Gasteiger partial charge >= 0.3 is 0 Å². The zero-order valence-corrected chi connectivity index (χ0v) is 12.0. The smallest absolute Gasteiger partial charge is 0.258 e. The van der Waals surface area contributed by atoms with Gasteiger partial charge in [0.1, 0.15) is 17.5 Å². The minimum Gasteiger partial charge on any atom is -0.322 e. The number of nitrogens with one attached hydrogen (secondary N) is 2. The van der Waals surface area contributed by atoms with Gasteiger partial charge in [0.25, 0.3) is 11.5 Å². The predicted molar refractivity (Wildman–Crippen MR) is 81.4 cm³/mol. The van der Waals surface area contributed by atoms with Gasteiger partial charge in [-0.3, -0.25) is 9.59 Å². The van der Waals surface area contributed by atoms with Crippen molar-refractivity contribution in [1.29, 1.82) is 0 Å². The number of carbonyl (C=O) groups is 1. The predicted octanol–water partition coefficient (Wildman–Crippen LogP) is 2.76. The van der Waals surface area contributed by atoms with Crippen LogP contribution in [0.4, 0.5) is 14.5 Å². The molecule has 0 aliphatic rings. The molecule has 0 unspecified atom stereocenters. The van der Waals surface area contributed by atoms with Gasteiger partial charge in [-0.1, -0.05) is 0 Å². The molecule has 2 N–H and O–H groups in total. The van der Waals surface area contributed by atoms with E-state index in [9.17, 15) is 18.4 Å². The summed E-state index contributed by atoms with van der Waals surface area (Å²) in [5.41, 5.74) is 0.323. The van der Waals surface area contributed by atoms with E-state index in [1.165, 1.54) is 6.07 Å². The van der Waals surface area contributed by atoms with E-state index in [1.807, 2.05) is 0 Å². The van der Waals surface area contributed by atoms with Crippen LogP contribution in [0.15, 0.2) is 41.2 Å². The summed E-state index contributed by atoms with van der Waals surface area (Å²) in [5, 5.41) is 2.80. The van der Waals surface area contributed by atoms with Crippen LogP contribution in [0, 0.1) is 18.6 Å². The Morgan fingerprint density at radius 3 is 2.52 bits per heavy atom. The SMILES string of the molecule is Cc1nc2ccc(NC(=O)c3cc(F)cc(F)c3)cc2c(=O)[nH]1. The Kier molecular flexibility index (Phi) is 3.61. The lowest BCUT2D eigenvalue weighted by atomic mass is 10.1. The number of nitrogens with zero attached hydrogens (tertiary/aromatic N) is 1. The maximum absolute atomic E-state index is 13.2. The Balaban J connectivity index is 1.95. The molecule has 116 valence electrons. The number of hydrogen-bond acceptors (Lipinski definition) is 3. The molecule has 1 amide bonds. The van der Waals surface area contributed by atoms with E-state index in [4.69, 9.17) is 0 Å². The van der Waals surface area contributed by atoms with Crippen LogP contribution in [0.2, 0.25) is 0 Å². The van der Waals surface area contributed by atoms with Crippen LogP contribution in [0.25, 0.3) is 10.9 Å². The van der Waals surface area contributed by atoms with Crippen LogP contribution in [0.3, 0.4) is 0 Å². The third-order valence-electron chi connectivity index (χ3n) is 3.21. The van der Waals surface area contributed by atoms with Gasteiger partial charge in [0.05, 0.1) is 10.9 Å². The highest BCUT2D eigenvalue weighted by atomic mass is 19.1. The lowest BCUT2D eigenvalue weighted by Crippen LogP contribution is -2.14. The van der Waals surface area contributed by atoms with E-state index in [0.717, 1.165) is 12.1 Å². The maximum Gasteiger partial charge on any atom is 0.258 e. The van der Waals surface area contributed by atoms with Crippen LogP contribution in [0.1, 0.15) is 16.2 Å². The van der Waals surface area contributed by atoms with Crippen LogP contribution >= 0.6 is 0 Å². The van der Waals surface area contributed by atoms with Crippen molar-refractivity contribution in [2.45, 2.75) is 6.92 Å². The van der Waals surface area contributed by atoms with Crippen molar-refractivity contribution < 1.29 is 13.6 Å². The van der Waals surface area contributed by atoms with Crippen molar-refractivity contribution >= 4 is 22.5 Å². The fourth-order valence-electron chi connectivity index (χ4n) is 2.22. The molecule has 0 bridgehead atoms. The second-order valence-corrected chi connectivity index (χ2v) is 5.00. The first-order chi connectivity index (χ1) is 10.9. The minimum atomic E-state index is -0.843. The summed E-state index contributed by atoms with van der Waals surface area (Å²) in [4.78, 5) is 30.7. The fourth-order valence-corrected chi connectivity index (χ4v) is 2.22. The van der Waals surface area contributed by atoms with Crippen LogP contribution in [-0.4, -0.2) is 15.9 Å². The number of anilines is 1. The highest BCUT2D eigenvalue weighted by molar-refractivity contribution is 6.05. The number of aryl methyl sites for hydroxylation is 1. The van der Waals surface area contributed by atoms with Crippen LogP contribution in [-0.2, 0) is 0 Å². The first-order valence-electron chi connectivity index (χ1n) is 6.70. The van der Waals surface area contributed by atoms with Gasteiger partial charge in [0, 0.05) is 17.3 Å². The van der Waals surface area contributed by atoms with Crippen LogP contribution < -0.4 is 10.9 Å². The normalized spacial score (nSPS) is 10.7. The van der Waals surface area contributed by atoms with Crippen LogP contribution in [0.5, 0.6) is 0 Å². The van der Waals surface area contributed by atoms with Gasteiger partial charge in [-0.2, -0.15) is 0 Å². The van der Waals surface area contributed by atoms with Crippen molar-refractivity contribution in [2.75, 3.05) is 5.32 Å². The molecule has 3 aromatic rings. The van der Waals surface area contributed by atoms with Crippen molar-refractivity contribution in [3.63, 3.8) is 0 Å². The van der Waals surface area contributed by atoms with E-state index in [0.29, 0.717) is 28.5 Å². The Morgan fingerprint density at radius 2 is 1.83 bits per heavy atom. The Labute approximate surface area is 129 Å². The highest BCUT2D eigenvalue weighted by Crippen LogP contribution is 2.16. The van der Waals surface area contributed by atoms with Crippen molar-refractivity contribution in [3.8, 4) is 0 Å². The van der Waals surface area contributed by atoms with Gasteiger partial charge in [0.15, 0.2) is 0 Å². The number of halogens is 2. The standard InChI is InChI=1S/C16H11F2N3O2/c1-8-19-14-3-2-12(7-13(14)16(23)20-8)21-15(22)9-4-10(17)6-11(18)5-9/h2-7H,1H3,(H,21,22)(H,19,20,23). The average molecular weight is 315 g/mol. The molecule has 1 aromatic heterocycles. The molecule has 23 heavy (non-hydrogen) atoms. The summed E-state index contributed by atoms with van der Waals surface area (Å²) in [6.45, 7) is 1.66. The first kappa shape index (κ1) is 14.8. The molecule has 0 aliphatic carbocycles. The zero-order valence-electron chi connectivity index (χ0n) is 12.0. The molecule has 1 heterocycles. The molecule has 0 atom stereocenters. The summed E-state index contributed by atoms with van der Waals surface area (Å²) in [7, 11) is 0. The highest BCUT2D eigenvalue weighted by Gasteiger charge is 2.11. The molecule has 0 spiro atoms. The number of benzene rings is 2. The number of aromatic amines is 1. The number of fused-ring (bicyclic) bond motifs is 1.